The van der Waals surface area contributed by atoms with Crippen molar-refractivity contribution >= 4 is 0 Å². The van der Waals surface area contributed by atoms with Gasteiger partial charge in [0.25, 0.3) is 5.56 Å². The van der Waals surface area contributed by atoms with Crippen LogP contribution >= 0.6 is 0 Å². The van der Waals surface area contributed by atoms with E-state index in [-0.39, 0.29) is 5.56 Å². The molecule has 31 heavy (non-hydrogen) atoms. The number of rotatable bonds is 4. The average Bonchev–Trinajstić information content (AvgIpc) is 3.21. The zero-order valence-corrected chi connectivity index (χ0v) is 17.1. The second kappa shape index (κ2) is 7.92. The van der Waals surface area contributed by atoms with Gasteiger partial charge in [0.1, 0.15) is 0 Å². The number of nitrogens with zero attached hydrogens (tertiary/aromatic N) is 2. The first-order chi connectivity index (χ1) is 15.2. The molecule has 0 fully saturated rings. The predicted octanol–water partition coefficient (Wildman–Crippen LogP) is 5.87. The lowest BCUT2D eigenvalue weighted by Gasteiger charge is -2.11. The number of benzene rings is 3. The molecule has 4 nitrogen and oxygen atoms in total. The number of nitrogens with one attached hydrogen (secondary N) is 1. The van der Waals surface area contributed by atoms with Crippen molar-refractivity contribution in [2.45, 2.75) is 6.92 Å². The van der Waals surface area contributed by atoms with E-state index in [1.807, 2.05) is 115 Å². The summed E-state index contributed by atoms with van der Waals surface area (Å²) in [6, 6.07) is 33.8. The largest absolute Gasteiger partial charge is 0.321 e. The summed E-state index contributed by atoms with van der Waals surface area (Å²) in [5.74, 6) is 0. The molecule has 0 bridgehead atoms. The Balaban J connectivity index is 1.73. The summed E-state index contributed by atoms with van der Waals surface area (Å²) in [5, 5.41) is 4.80. The molecule has 2 aromatic heterocycles. The van der Waals surface area contributed by atoms with Gasteiger partial charge in [-0.15, -0.1) is 0 Å². The normalized spacial score (nSPS) is 10.9. The summed E-state index contributed by atoms with van der Waals surface area (Å²) in [6.45, 7) is 2.00. The van der Waals surface area contributed by atoms with E-state index in [4.69, 9.17) is 5.10 Å². The smallest absolute Gasteiger partial charge is 0.258 e. The van der Waals surface area contributed by atoms with Crippen molar-refractivity contribution in [3.8, 4) is 39.3 Å². The van der Waals surface area contributed by atoms with Gasteiger partial charge in [0.2, 0.25) is 0 Å². The molecule has 5 rings (SSSR count). The summed E-state index contributed by atoms with van der Waals surface area (Å²) in [4.78, 5) is 16.4. The quantitative estimate of drug-likeness (QED) is 0.408. The molecule has 4 heteroatoms. The lowest BCUT2D eigenvalue weighted by atomic mass is 9.97. The highest BCUT2D eigenvalue weighted by molar-refractivity contribution is 5.84. The van der Waals surface area contributed by atoms with Crippen LogP contribution in [0.3, 0.4) is 0 Å². The maximum Gasteiger partial charge on any atom is 0.258 e. The number of hydrogen-bond acceptors (Lipinski definition) is 2. The molecular weight excluding hydrogens is 382 g/mol. The van der Waals surface area contributed by atoms with Crippen LogP contribution in [0, 0.1) is 6.92 Å². The molecule has 0 atom stereocenters. The van der Waals surface area contributed by atoms with E-state index in [9.17, 15) is 4.79 Å². The molecule has 2 heterocycles. The molecule has 1 N–H and O–H groups in total. The van der Waals surface area contributed by atoms with E-state index >= 15 is 0 Å². The van der Waals surface area contributed by atoms with Gasteiger partial charge in [-0.2, -0.15) is 5.10 Å². The zero-order valence-electron chi connectivity index (χ0n) is 17.1. The Morgan fingerprint density at radius 1 is 0.742 bits per heavy atom. The maximum absolute atomic E-state index is 13.4. The fourth-order valence-corrected chi connectivity index (χ4v) is 3.86. The highest BCUT2D eigenvalue weighted by Crippen LogP contribution is 2.32. The maximum atomic E-state index is 13.4. The number of H-pyrrole nitrogens is 1. The van der Waals surface area contributed by atoms with Crippen molar-refractivity contribution in [3.05, 3.63) is 119 Å². The summed E-state index contributed by atoms with van der Waals surface area (Å²) < 4.78 is 1.87. The number of aromatic amines is 1. The van der Waals surface area contributed by atoms with Gasteiger partial charge in [-0.3, -0.25) is 4.79 Å². The lowest BCUT2D eigenvalue weighted by Crippen LogP contribution is -2.12. The van der Waals surface area contributed by atoms with Gasteiger partial charge in [0.05, 0.1) is 16.9 Å². The van der Waals surface area contributed by atoms with Crippen LogP contribution in [0.4, 0.5) is 0 Å². The third-order valence-electron chi connectivity index (χ3n) is 5.35. The number of pyridine rings is 1. The van der Waals surface area contributed by atoms with Crippen LogP contribution in [0.25, 0.3) is 39.3 Å². The van der Waals surface area contributed by atoms with Crippen LogP contribution in [0.1, 0.15) is 5.69 Å². The minimum absolute atomic E-state index is 0.155. The van der Waals surface area contributed by atoms with Gasteiger partial charge in [0.15, 0.2) is 0 Å². The summed E-state index contributed by atoms with van der Waals surface area (Å²) >= 11 is 0. The minimum atomic E-state index is -0.155. The average molecular weight is 403 g/mol. The predicted molar refractivity (Wildman–Crippen MR) is 125 cm³/mol. The fourth-order valence-electron chi connectivity index (χ4n) is 3.86. The van der Waals surface area contributed by atoms with Crippen molar-refractivity contribution in [1.29, 1.82) is 0 Å². The van der Waals surface area contributed by atoms with Crippen LogP contribution in [0.15, 0.2) is 108 Å². The van der Waals surface area contributed by atoms with Crippen LogP contribution in [-0.2, 0) is 0 Å². The van der Waals surface area contributed by atoms with Crippen molar-refractivity contribution in [2.24, 2.45) is 0 Å². The number of para-hydroxylation sites is 1. The summed E-state index contributed by atoms with van der Waals surface area (Å²) in [6.07, 6.45) is 0. The van der Waals surface area contributed by atoms with E-state index < -0.39 is 0 Å². The van der Waals surface area contributed by atoms with E-state index in [2.05, 4.69) is 4.98 Å². The molecule has 0 aliphatic heterocycles. The molecule has 0 aliphatic carbocycles. The number of aryl methyl sites for hydroxylation is 1. The van der Waals surface area contributed by atoms with Crippen molar-refractivity contribution in [3.63, 3.8) is 0 Å². The second-order valence-corrected chi connectivity index (χ2v) is 7.45. The van der Waals surface area contributed by atoms with Crippen molar-refractivity contribution < 1.29 is 0 Å². The molecule has 0 amide bonds. The molecule has 3 aromatic carbocycles. The molecule has 0 spiro atoms. The van der Waals surface area contributed by atoms with E-state index in [1.165, 1.54) is 0 Å². The number of hydrogen-bond donors (Lipinski definition) is 1. The number of aromatic nitrogens is 3. The van der Waals surface area contributed by atoms with Gasteiger partial charge < -0.3 is 4.98 Å². The molecular formula is C27H21N3O. The van der Waals surface area contributed by atoms with Gasteiger partial charge in [-0.1, -0.05) is 78.9 Å². The molecule has 0 unspecified atom stereocenters. The van der Waals surface area contributed by atoms with Gasteiger partial charge >= 0.3 is 0 Å². The van der Waals surface area contributed by atoms with Crippen LogP contribution in [-0.4, -0.2) is 14.8 Å². The highest BCUT2D eigenvalue weighted by atomic mass is 16.1. The first kappa shape index (κ1) is 18.8. The standard InChI is InChI=1S/C27H21N3O/c1-19-17-25(29-30(19)22-15-9-4-10-16-22)26-23(20-11-5-2-6-12-20)18-24(28-27(26)31)21-13-7-3-8-14-21/h2-18H,1H3,(H,28,31). The first-order valence-electron chi connectivity index (χ1n) is 10.2. The van der Waals surface area contributed by atoms with E-state index in [0.29, 0.717) is 11.3 Å². The Morgan fingerprint density at radius 3 is 1.97 bits per heavy atom. The SMILES string of the molecule is Cc1cc(-c2c(-c3ccccc3)cc(-c3ccccc3)[nH]c2=O)nn1-c1ccccc1. The molecule has 0 aliphatic rings. The Morgan fingerprint density at radius 2 is 1.32 bits per heavy atom. The van der Waals surface area contributed by atoms with Crippen LogP contribution in [0.2, 0.25) is 0 Å². The molecule has 0 radical (unpaired) electrons. The monoisotopic (exact) mass is 403 g/mol. The molecule has 150 valence electrons. The van der Waals surface area contributed by atoms with Crippen LogP contribution in [0.5, 0.6) is 0 Å². The van der Waals surface area contributed by atoms with Gasteiger partial charge in [0, 0.05) is 11.4 Å². The topological polar surface area (TPSA) is 50.7 Å². The summed E-state index contributed by atoms with van der Waals surface area (Å²) in [5.41, 5.74) is 6.59. The Bertz CT molecular complexity index is 1390. The molecule has 0 saturated heterocycles. The van der Waals surface area contributed by atoms with Crippen molar-refractivity contribution in [2.75, 3.05) is 0 Å². The Labute approximate surface area is 180 Å². The Kier molecular flexibility index (Phi) is 4.81. The summed E-state index contributed by atoms with van der Waals surface area (Å²) in [7, 11) is 0. The third-order valence-corrected chi connectivity index (χ3v) is 5.35. The van der Waals surface area contributed by atoms with E-state index in [0.717, 1.165) is 33.8 Å². The third kappa shape index (κ3) is 3.60. The van der Waals surface area contributed by atoms with Gasteiger partial charge in [-0.05, 0) is 47.9 Å². The lowest BCUT2D eigenvalue weighted by molar-refractivity contribution is 0.850. The second-order valence-electron chi connectivity index (χ2n) is 7.45. The minimum Gasteiger partial charge on any atom is -0.321 e. The van der Waals surface area contributed by atoms with Gasteiger partial charge in [-0.25, -0.2) is 4.68 Å². The molecule has 5 aromatic rings. The highest BCUT2D eigenvalue weighted by Gasteiger charge is 2.18. The molecule has 0 saturated carbocycles. The van der Waals surface area contributed by atoms with E-state index in [1.54, 1.807) is 0 Å². The Hall–Kier alpha value is -4.18. The first-order valence-corrected chi connectivity index (χ1v) is 10.2. The zero-order chi connectivity index (χ0) is 21.2. The van der Waals surface area contributed by atoms with Crippen LogP contribution < -0.4 is 5.56 Å². The fraction of sp³-hybridized carbons (Fsp3) is 0.0370. The van der Waals surface area contributed by atoms with Crippen molar-refractivity contribution in [1.82, 2.24) is 14.8 Å².